The Morgan fingerprint density at radius 3 is 1.80 bits per heavy atom. The number of ether oxygens (including phenoxy) is 2. The molecule has 2 atom stereocenters. The summed E-state index contributed by atoms with van der Waals surface area (Å²) >= 11 is 0. The lowest BCUT2D eigenvalue weighted by Gasteiger charge is -2.46. The summed E-state index contributed by atoms with van der Waals surface area (Å²) in [6, 6.07) is 0. The Hall–Kier alpha value is -1.50. The summed E-state index contributed by atoms with van der Waals surface area (Å²) in [5.74, 6) is -1.66. The van der Waals surface area contributed by atoms with E-state index in [1.54, 1.807) is 13.8 Å². The number of amides is 2. The van der Waals surface area contributed by atoms with Crippen LogP contribution in [0.4, 0.5) is 9.59 Å². The van der Waals surface area contributed by atoms with E-state index in [1.807, 2.05) is 13.8 Å². The van der Waals surface area contributed by atoms with E-state index in [1.165, 1.54) is 6.92 Å². The van der Waals surface area contributed by atoms with E-state index in [-0.39, 0.29) is 5.92 Å². The van der Waals surface area contributed by atoms with Crippen LogP contribution in [0, 0.1) is 11.3 Å². The second-order valence-corrected chi connectivity index (χ2v) is 5.79. The summed E-state index contributed by atoms with van der Waals surface area (Å²) < 4.78 is 9.97. The fourth-order valence-electron chi connectivity index (χ4n) is 2.49. The molecule has 2 amide bonds. The molecular weight excluding hydrogens is 264 g/mol. The number of aliphatic hydroxyl groups is 1. The van der Waals surface area contributed by atoms with Crippen LogP contribution in [0.1, 0.15) is 47.5 Å². The third kappa shape index (κ3) is 4.26. The summed E-state index contributed by atoms with van der Waals surface area (Å²) in [6.45, 7) is 8.80. The van der Waals surface area contributed by atoms with Crippen molar-refractivity contribution in [2.45, 2.75) is 59.4 Å². The minimum atomic E-state index is -1.92. The number of carbonyl (C=O) groups excluding carboxylic acids is 2. The Balaban J connectivity index is 5.66. The molecule has 0 bridgehead atoms. The Morgan fingerprint density at radius 2 is 1.55 bits per heavy atom. The van der Waals surface area contributed by atoms with E-state index in [0.717, 1.165) is 6.42 Å². The van der Waals surface area contributed by atoms with E-state index in [2.05, 4.69) is 0 Å². The zero-order valence-electron chi connectivity index (χ0n) is 12.8. The SMILES string of the molecule is CCC(C)CC(C)(C)C(OC(N)=O)(OC(N)=O)C(C)O. The van der Waals surface area contributed by atoms with Gasteiger partial charge < -0.3 is 26.0 Å². The van der Waals surface area contributed by atoms with Gasteiger partial charge in [0.2, 0.25) is 0 Å². The highest BCUT2D eigenvalue weighted by molar-refractivity contribution is 5.68. The highest BCUT2D eigenvalue weighted by Crippen LogP contribution is 2.43. The third-order valence-electron chi connectivity index (χ3n) is 3.55. The van der Waals surface area contributed by atoms with Crippen LogP contribution in [0.2, 0.25) is 0 Å². The first kappa shape index (κ1) is 18.5. The molecule has 0 aromatic heterocycles. The second kappa shape index (κ2) is 6.78. The van der Waals surface area contributed by atoms with Crippen LogP contribution in [0.15, 0.2) is 0 Å². The second-order valence-electron chi connectivity index (χ2n) is 5.79. The zero-order chi connectivity index (χ0) is 16.1. The summed E-state index contributed by atoms with van der Waals surface area (Å²) in [6.07, 6.45) is -2.17. The van der Waals surface area contributed by atoms with Gasteiger partial charge in [-0.15, -0.1) is 0 Å². The first-order valence-electron chi connectivity index (χ1n) is 6.63. The Labute approximate surface area is 119 Å². The molecule has 0 aromatic carbocycles. The lowest BCUT2D eigenvalue weighted by Crippen LogP contribution is -2.60. The van der Waals surface area contributed by atoms with Crippen LogP contribution in [0.25, 0.3) is 0 Å². The smallest absolute Gasteiger partial charge is 0.403 e. The van der Waals surface area contributed by atoms with E-state index < -0.39 is 29.5 Å². The first-order valence-corrected chi connectivity index (χ1v) is 6.63. The van der Waals surface area contributed by atoms with Gasteiger partial charge in [-0.3, -0.25) is 0 Å². The molecular formula is C13H26N2O5. The van der Waals surface area contributed by atoms with Crippen molar-refractivity contribution < 1.29 is 24.2 Å². The highest BCUT2D eigenvalue weighted by atomic mass is 16.8. The van der Waals surface area contributed by atoms with E-state index >= 15 is 0 Å². The van der Waals surface area contributed by atoms with Crippen molar-refractivity contribution in [3.05, 3.63) is 0 Å². The highest BCUT2D eigenvalue weighted by Gasteiger charge is 2.56. The average molecular weight is 290 g/mol. The number of carbonyl (C=O) groups is 2. The number of hydrogen-bond acceptors (Lipinski definition) is 5. The molecule has 0 saturated heterocycles. The van der Waals surface area contributed by atoms with Crippen LogP contribution in [-0.2, 0) is 9.47 Å². The van der Waals surface area contributed by atoms with Crippen molar-refractivity contribution in [1.29, 1.82) is 0 Å². The van der Waals surface area contributed by atoms with Gasteiger partial charge in [-0.2, -0.15) is 0 Å². The van der Waals surface area contributed by atoms with Crippen LogP contribution in [-0.4, -0.2) is 29.2 Å². The lowest BCUT2D eigenvalue weighted by atomic mass is 9.73. The molecule has 0 aliphatic rings. The normalized spacial score (nSPS) is 15.3. The standard InChI is InChI=1S/C13H26N2O5/c1-6-8(2)7-12(4,5)13(9(3)16,19-10(14)17)20-11(15)18/h8-9,16H,6-7H2,1-5H3,(H2,14,17)(H2,15,18). The van der Waals surface area contributed by atoms with Crippen molar-refractivity contribution >= 4 is 12.2 Å². The van der Waals surface area contributed by atoms with Crippen LogP contribution in [0.5, 0.6) is 0 Å². The number of primary amides is 2. The summed E-state index contributed by atoms with van der Waals surface area (Å²) in [4.78, 5) is 22.3. The maximum absolute atomic E-state index is 11.2. The van der Waals surface area contributed by atoms with Gasteiger partial charge in [0.1, 0.15) is 6.10 Å². The lowest BCUT2D eigenvalue weighted by molar-refractivity contribution is -0.275. The van der Waals surface area contributed by atoms with Gasteiger partial charge in [0.25, 0.3) is 5.79 Å². The molecule has 0 radical (unpaired) electrons. The molecule has 0 spiro atoms. The van der Waals surface area contributed by atoms with Gasteiger partial charge in [0, 0.05) is 5.41 Å². The molecule has 0 aliphatic carbocycles. The first-order chi connectivity index (χ1) is 8.98. The van der Waals surface area contributed by atoms with Crippen molar-refractivity contribution in [2.24, 2.45) is 22.8 Å². The molecule has 7 nitrogen and oxygen atoms in total. The zero-order valence-corrected chi connectivity index (χ0v) is 12.8. The molecule has 0 fully saturated rings. The molecule has 0 heterocycles. The Kier molecular flexibility index (Phi) is 6.28. The van der Waals surface area contributed by atoms with Gasteiger partial charge in [-0.25, -0.2) is 9.59 Å². The predicted molar refractivity (Wildman–Crippen MR) is 73.6 cm³/mol. The summed E-state index contributed by atoms with van der Waals surface area (Å²) in [5.41, 5.74) is 9.22. The predicted octanol–water partition coefficient (Wildman–Crippen LogP) is 1.72. The van der Waals surface area contributed by atoms with Crippen molar-refractivity contribution in [1.82, 2.24) is 0 Å². The maximum Gasteiger partial charge on any atom is 0.407 e. The number of aliphatic hydroxyl groups excluding tert-OH is 1. The van der Waals surface area contributed by atoms with Gasteiger partial charge in [-0.1, -0.05) is 34.1 Å². The molecule has 7 heteroatoms. The number of rotatable bonds is 7. The monoisotopic (exact) mass is 290 g/mol. The van der Waals surface area contributed by atoms with Crippen molar-refractivity contribution in [3.63, 3.8) is 0 Å². The molecule has 0 rings (SSSR count). The van der Waals surface area contributed by atoms with Crippen molar-refractivity contribution in [3.8, 4) is 0 Å². The Bertz CT molecular complexity index is 339. The molecule has 0 saturated carbocycles. The molecule has 20 heavy (non-hydrogen) atoms. The summed E-state index contributed by atoms with van der Waals surface area (Å²) in [7, 11) is 0. The quantitative estimate of drug-likeness (QED) is 0.615. The van der Waals surface area contributed by atoms with Gasteiger partial charge in [0.05, 0.1) is 0 Å². The average Bonchev–Trinajstić information content (AvgIpc) is 2.25. The fraction of sp³-hybridized carbons (Fsp3) is 0.846. The molecule has 5 N–H and O–H groups in total. The van der Waals surface area contributed by atoms with Crippen LogP contribution in [0.3, 0.4) is 0 Å². The van der Waals surface area contributed by atoms with Gasteiger partial charge in [-0.05, 0) is 19.3 Å². The molecule has 2 unspecified atom stereocenters. The largest absolute Gasteiger partial charge is 0.407 e. The van der Waals surface area contributed by atoms with E-state index in [9.17, 15) is 14.7 Å². The number of nitrogens with two attached hydrogens (primary N) is 2. The third-order valence-corrected chi connectivity index (χ3v) is 3.55. The summed E-state index contributed by atoms with van der Waals surface area (Å²) in [5, 5.41) is 10.0. The molecule has 0 aromatic rings. The van der Waals surface area contributed by atoms with Gasteiger partial charge in [0.15, 0.2) is 0 Å². The number of hydrogen-bond donors (Lipinski definition) is 3. The van der Waals surface area contributed by atoms with E-state index in [4.69, 9.17) is 20.9 Å². The van der Waals surface area contributed by atoms with Crippen LogP contribution < -0.4 is 11.5 Å². The molecule has 118 valence electrons. The molecule has 0 aliphatic heterocycles. The minimum Gasteiger partial charge on any atom is -0.403 e. The Morgan fingerprint density at radius 1 is 1.15 bits per heavy atom. The van der Waals surface area contributed by atoms with Crippen LogP contribution >= 0.6 is 0 Å². The topological polar surface area (TPSA) is 125 Å². The van der Waals surface area contributed by atoms with E-state index in [0.29, 0.717) is 6.42 Å². The van der Waals surface area contributed by atoms with Crippen molar-refractivity contribution in [2.75, 3.05) is 0 Å². The fourth-order valence-corrected chi connectivity index (χ4v) is 2.49. The van der Waals surface area contributed by atoms with Gasteiger partial charge >= 0.3 is 12.2 Å². The minimum absolute atomic E-state index is 0.260. The maximum atomic E-state index is 11.2.